The minimum absolute atomic E-state index is 0.00906. The third kappa shape index (κ3) is 4.04. The molecule has 1 amide bonds. The number of hydrogen-bond donors (Lipinski definition) is 1. The summed E-state index contributed by atoms with van der Waals surface area (Å²) in [7, 11) is -3.55. The van der Waals surface area contributed by atoms with Gasteiger partial charge in [-0.2, -0.15) is 4.31 Å². The second-order valence-electron chi connectivity index (χ2n) is 6.88. The van der Waals surface area contributed by atoms with E-state index in [1.807, 2.05) is 6.92 Å². The maximum atomic E-state index is 13.0. The number of nitrogens with one attached hydrogen (secondary N) is 1. The lowest BCUT2D eigenvalue weighted by molar-refractivity contribution is 0.0766. The van der Waals surface area contributed by atoms with E-state index in [1.165, 1.54) is 6.07 Å². The van der Waals surface area contributed by atoms with Crippen molar-refractivity contribution in [2.45, 2.75) is 43.5 Å². The summed E-state index contributed by atoms with van der Waals surface area (Å²) >= 11 is 0. The van der Waals surface area contributed by atoms with Gasteiger partial charge in [-0.25, -0.2) is 8.42 Å². The maximum absolute atomic E-state index is 13.0. The molecule has 25 heavy (non-hydrogen) atoms. The van der Waals surface area contributed by atoms with Crippen molar-refractivity contribution >= 4 is 15.9 Å². The van der Waals surface area contributed by atoms with Crippen LogP contribution in [0.1, 0.15) is 43.0 Å². The molecule has 2 aliphatic heterocycles. The molecule has 3 rings (SSSR count). The zero-order valence-electron chi connectivity index (χ0n) is 14.8. The van der Waals surface area contributed by atoms with Crippen molar-refractivity contribution in [1.29, 1.82) is 0 Å². The molecular formula is C18H27N3O3S. The maximum Gasteiger partial charge on any atom is 0.253 e. The van der Waals surface area contributed by atoms with Gasteiger partial charge in [-0.15, -0.1) is 0 Å². The highest BCUT2D eigenvalue weighted by molar-refractivity contribution is 7.89. The highest BCUT2D eigenvalue weighted by Gasteiger charge is 2.31. The van der Waals surface area contributed by atoms with Crippen LogP contribution >= 0.6 is 0 Å². The van der Waals surface area contributed by atoms with Gasteiger partial charge in [0.05, 0.1) is 4.90 Å². The lowest BCUT2D eigenvalue weighted by Gasteiger charge is -2.32. The fourth-order valence-electron chi connectivity index (χ4n) is 3.59. The van der Waals surface area contributed by atoms with Crippen LogP contribution < -0.4 is 5.32 Å². The number of sulfonamides is 1. The van der Waals surface area contributed by atoms with Gasteiger partial charge in [0.1, 0.15) is 0 Å². The summed E-state index contributed by atoms with van der Waals surface area (Å²) in [6.45, 7) is 5.54. The van der Waals surface area contributed by atoms with Crippen molar-refractivity contribution in [3.05, 3.63) is 29.8 Å². The first-order chi connectivity index (χ1) is 12.0. The summed E-state index contributed by atoms with van der Waals surface area (Å²) in [5.41, 5.74) is 0.452. The normalized spacial score (nSPS) is 23.2. The van der Waals surface area contributed by atoms with Crippen molar-refractivity contribution in [3.63, 3.8) is 0 Å². The number of benzene rings is 1. The van der Waals surface area contributed by atoms with Gasteiger partial charge in [0.25, 0.3) is 5.91 Å². The third-order valence-corrected chi connectivity index (χ3v) is 7.07. The SMILES string of the molecule is CC1CCCCN1S(=O)(=O)c1cccc(C(=O)N2CCCNCC2)c1. The monoisotopic (exact) mass is 365 g/mol. The van der Waals surface area contributed by atoms with Crippen molar-refractivity contribution < 1.29 is 13.2 Å². The molecule has 1 aromatic carbocycles. The average Bonchev–Trinajstić information content (AvgIpc) is 2.91. The lowest BCUT2D eigenvalue weighted by atomic mass is 10.1. The van der Waals surface area contributed by atoms with Crippen LogP contribution in [0.5, 0.6) is 0 Å². The molecule has 6 nitrogen and oxygen atoms in total. The van der Waals surface area contributed by atoms with E-state index in [2.05, 4.69) is 5.32 Å². The third-order valence-electron chi connectivity index (χ3n) is 5.06. The predicted octanol–water partition coefficient (Wildman–Crippen LogP) is 1.69. The second-order valence-corrected chi connectivity index (χ2v) is 8.77. The number of rotatable bonds is 3. The van der Waals surface area contributed by atoms with Gasteiger partial charge < -0.3 is 10.2 Å². The largest absolute Gasteiger partial charge is 0.337 e. The van der Waals surface area contributed by atoms with E-state index in [9.17, 15) is 13.2 Å². The molecule has 138 valence electrons. The first kappa shape index (κ1) is 18.4. The van der Waals surface area contributed by atoms with Crippen molar-refractivity contribution in [1.82, 2.24) is 14.5 Å². The van der Waals surface area contributed by atoms with Crippen molar-refractivity contribution in [2.24, 2.45) is 0 Å². The van der Waals surface area contributed by atoms with E-state index in [4.69, 9.17) is 0 Å². The van der Waals surface area contributed by atoms with Gasteiger partial charge in [0.2, 0.25) is 10.0 Å². The quantitative estimate of drug-likeness (QED) is 0.885. The van der Waals surface area contributed by atoms with E-state index in [0.29, 0.717) is 25.2 Å². The van der Waals surface area contributed by atoms with Gasteiger partial charge in [-0.05, 0) is 50.9 Å². The molecule has 0 aliphatic carbocycles. The Morgan fingerprint density at radius 3 is 2.76 bits per heavy atom. The Bertz CT molecular complexity index is 712. The average molecular weight is 365 g/mol. The molecule has 0 spiro atoms. The molecule has 7 heteroatoms. The molecule has 0 saturated carbocycles. The van der Waals surface area contributed by atoms with Gasteiger partial charge in [-0.1, -0.05) is 12.5 Å². The summed E-state index contributed by atoms with van der Waals surface area (Å²) in [5, 5.41) is 3.27. The Morgan fingerprint density at radius 2 is 1.96 bits per heavy atom. The molecule has 2 fully saturated rings. The minimum atomic E-state index is -3.55. The van der Waals surface area contributed by atoms with E-state index < -0.39 is 10.0 Å². The summed E-state index contributed by atoms with van der Waals surface area (Å²) < 4.78 is 27.6. The zero-order chi connectivity index (χ0) is 17.9. The molecule has 1 atom stereocenters. The molecule has 2 aliphatic rings. The van der Waals surface area contributed by atoms with Crippen LogP contribution in [-0.2, 0) is 10.0 Å². The Kier molecular flexibility index (Phi) is 5.76. The summed E-state index contributed by atoms with van der Waals surface area (Å²) in [5.74, 6) is -0.0903. The molecule has 1 aromatic rings. The van der Waals surface area contributed by atoms with Crippen LogP contribution in [0.4, 0.5) is 0 Å². The second kappa shape index (κ2) is 7.85. The Labute approximate surface area is 150 Å². The Morgan fingerprint density at radius 1 is 1.12 bits per heavy atom. The Hall–Kier alpha value is -1.44. The summed E-state index contributed by atoms with van der Waals surface area (Å²) in [4.78, 5) is 14.8. The summed E-state index contributed by atoms with van der Waals surface area (Å²) in [6, 6.07) is 6.52. The van der Waals surface area contributed by atoms with Crippen LogP contribution in [-0.4, -0.2) is 62.3 Å². The van der Waals surface area contributed by atoms with Crippen LogP contribution in [0.2, 0.25) is 0 Å². The Balaban J connectivity index is 1.84. The molecule has 0 radical (unpaired) electrons. The van der Waals surface area contributed by atoms with Gasteiger partial charge in [0.15, 0.2) is 0 Å². The van der Waals surface area contributed by atoms with E-state index in [1.54, 1.807) is 27.4 Å². The standard InChI is InChI=1S/C18H27N3O3S/c1-15-6-2-3-12-21(15)25(23,24)17-8-4-7-16(14-17)18(22)20-11-5-9-19-10-13-20/h4,7-8,14-15,19H,2-3,5-6,9-13H2,1H3. The number of nitrogens with zero attached hydrogens (tertiary/aromatic N) is 2. The molecule has 2 heterocycles. The first-order valence-corrected chi connectivity index (χ1v) is 10.6. The van der Waals surface area contributed by atoms with Crippen LogP contribution in [0.15, 0.2) is 29.2 Å². The first-order valence-electron chi connectivity index (χ1n) is 9.12. The van der Waals surface area contributed by atoms with Crippen molar-refractivity contribution in [2.75, 3.05) is 32.7 Å². The number of carbonyl (C=O) groups is 1. The minimum Gasteiger partial charge on any atom is -0.337 e. The predicted molar refractivity (Wildman–Crippen MR) is 97.0 cm³/mol. The van der Waals surface area contributed by atoms with Gasteiger partial charge in [-0.3, -0.25) is 4.79 Å². The fourth-order valence-corrected chi connectivity index (χ4v) is 5.33. The zero-order valence-corrected chi connectivity index (χ0v) is 15.6. The van der Waals surface area contributed by atoms with E-state index in [0.717, 1.165) is 38.8 Å². The van der Waals surface area contributed by atoms with Crippen molar-refractivity contribution in [3.8, 4) is 0 Å². The van der Waals surface area contributed by atoms with Gasteiger partial charge >= 0.3 is 0 Å². The van der Waals surface area contributed by atoms with Crippen LogP contribution in [0.3, 0.4) is 0 Å². The molecule has 2 saturated heterocycles. The molecule has 1 unspecified atom stereocenters. The number of amides is 1. The van der Waals surface area contributed by atoms with E-state index in [-0.39, 0.29) is 16.8 Å². The van der Waals surface area contributed by atoms with E-state index >= 15 is 0 Å². The number of piperidine rings is 1. The van der Waals surface area contributed by atoms with Gasteiger partial charge in [0, 0.05) is 37.8 Å². The highest BCUT2D eigenvalue weighted by atomic mass is 32.2. The number of hydrogen-bond acceptors (Lipinski definition) is 4. The molecule has 1 N–H and O–H groups in total. The number of carbonyl (C=O) groups excluding carboxylic acids is 1. The lowest BCUT2D eigenvalue weighted by Crippen LogP contribution is -2.42. The summed E-state index contributed by atoms with van der Waals surface area (Å²) in [6.07, 6.45) is 3.76. The fraction of sp³-hybridized carbons (Fsp3) is 0.611. The molecule has 0 aromatic heterocycles. The topological polar surface area (TPSA) is 69.7 Å². The van der Waals surface area contributed by atoms with Crippen LogP contribution in [0.25, 0.3) is 0 Å². The smallest absolute Gasteiger partial charge is 0.253 e. The molecule has 0 bridgehead atoms. The molecular weight excluding hydrogens is 338 g/mol. The van der Waals surface area contributed by atoms with Crippen LogP contribution in [0, 0.1) is 0 Å². The highest BCUT2D eigenvalue weighted by Crippen LogP contribution is 2.25.